The van der Waals surface area contributed by atoms with Crippen molar-refractivity contribution < 1.29 is 14.5 Å². The number of rotatable bonds is 7. The van der Waals surface area contributed by atoms with Crippen LogP contribution in [-0.4, -0.2) is 23.3 Å². The van der Waals surface area contributed by atoms with Crippen LogP contribution in [0.5, 0.6) is 0 Å². The molecule has 1 rings (SSSR count). The molecule has 0 saturated carbocycles. The topological polar surface area (TPSA) is 69.4 Å². The average molecular weight is 283 g/mol. The van der Waals surface area contributed by atoms with Crippen LogP contribution >= 0.6 is 11.8 Å². The normalized spacial score (nSPS) is 11.9. The number of hydrogen-bond acceptors (Lipinski definition) is 5. The Labute approximate surface area is 116 Å². The Balaban J connectivity index is 2.89. The molecule has 0 heterocycles. The highest BCUT2D eigenvalue weighted by atomic mass is 32.2. The number of esters is 1. The molecule has 6 heteroatoms. The minimum Gasteiger partial charge on any atom is -0.468 e. The number of nitro groups is 1. The van der Waals surface area contributed by atoms with Crippen LogP contribution in [0.2, 0.25) is 0 Å². The fraction of sp³-hybridized carbons (Fsp3) is 0.462. The van der Waals surface area contributed by atoms with Crippen molar-refractivity contribution in [3.05, 3.63) is 34.4 Å². The number of benzene rings is 1. The van der Waals surface area contributed by atoms with Crippen LogP contribution in [-0.2, 0) is 9.53 Å². The highest BCUT2D eigenvalue weighted by Gasteiger charge is 2.24. The number of nitro benzene ring substituents is 1. The first-order chi connectivity index (χ1) is 9.10. The fourth-order valence-corrected chi connectivity index (χ4v) is 2.81. The van der Waals surface area contributed by atoms with E-state index in [2.05, 4.69) is 0 Å². The van der Waals surface area contributed by atoms with Gasteiger partial charge in [0.05, 0.1) is 16.9 Å². The van der Waals surface area contributed by atoms with E-state index in [1.807, 2.05) is 6.92 Å². The van der Waals surface area contributed by atoms with E-state index >= 15 is 0 Å². The Morgan fingerprint density at radius 3 is 2.74 bits per heavy atom. The number of hydrogen-bond donors (Lipinski definition) is 0. The summed E-state index contributed by atoms with van der Waals surface area (Å²) in [7, 11) is 1.33. The van der Waals surface area contributed by atoms with Gasteiger partial charge >= 0.3 is 5.97 Å². The zero-order valence-electron chi connectivity index (χ0n) is 11.0. The molecular formula is C13H17NO4S. The van der Waals surface area contributed by atoms with Gasteiger partial charge in [0.25, 0.3) is 5.69 Å². The third kappa shape index (κ3) is 4.55. The van der Waals surface area contributed by atoms with Gasteiger partial charge in [-0.3, -0.25) is 14.9 Å². The zero-order chi connectivity index (χ0) is 14.3. The second kappa shape index (κ2) is 7.78. The molecule has 1 atom stereocenters. The van der Waals surface area contributed by atoms with Crippen molar-refractivity contribution in [2.45, 2.75) is 36.3 Å². The lowest BCUT2D eigenvalue weighted by molar-refractivity contribution is -0.387. The third-order valence-electron chi connectivity index (χ3n) is 2.62. The molecule has 1 unspecified atom stereocenters. The Morgan fingerprint density at radius 2 is 2.16 bits per heavy atom. The summed E-state index contributed by atoms with van der Waals surface area (Å²) >= 11 is 1.20. The molecule has 0 aromatic heterocycles. The highest BCUT2D eigenvalue weighted by Crippen LogP contribution is 2.34. The van der Waals surface area contributed by atoms with Gasteiger partial charge in [0.2, 0.25) is 0 Å². The Bertz CT molecular complexity index is 450. The van der Waals surface area contributed by atoms with Crippen molar-refractivity contribution in [2.24, 2.45) is 0 Å². The molecule has 1 aromatic carbocycles. The molecule has 0 spiro atoms. The Morgan fingerprint density at radius 1 is 1.47 bits per heavy atom. The van der Waals surface area contributed by atoms with Gasteiger partial charge in [0.1, 0.15) is 5.25 Å². The molecule has 1 aromatic rings. The van der Waals surface area contributed by atoms with Crippen LogP contribution in [0.1, 0.15) is 26.2 Å². The lowest BCUT2D eigenvalue weighted by atomic mass is 10.2. The first-order valence-corrected chi connectivity index (χ1v) is 6.96. The number of nitrogens with zero attached hydrogens (tertiary/aromatic N) is 1. The maximum atomic E-state index is 11.7. The zero-order valence-corrected chi connectivity index (χ0v) is 11.8. The summed E-state index contributed by atoms with van der Waals surface area (Å²) in [5, 5.41) is 10.5. The minimum atomic E-state index is -0.434. The van der Waals surface area contributed by atoms with E-state index in [0.29, 0.717) is 11.3 Å². The quantitative estimate of drug-likeness (QED) is 0.332. The first-order valence-electron chi connectivity index (χ1n) is 6.08. The third-order valence-corrected chi connectivity index (χ3v) is 3.93. The SMILES string of the molecule is CCCCC(Sc1ccccc1[N+](=O)[O-])C(=O)OC. The molecule has 0 fully saturated rings. The summed E-state index contributed by atoms with van der Waals surface area (Å²) in [4.78, 5) is 22.7. The molecular weight excluding hydrogens is 266 g/mol. The summed E-state index contributed by atoms with van der Waals surface area (Å²) < 4.78 is 4.75. The summed E-state index contributed by atoms with van der Waals surface area (Å²) in [5.74, 6) is -0.336. The predicted molar refractivity (Wildman–Crippen MR) is 74.3 cm³/mol. The van der Waals surface area contributed by atoms with E-state index in [0.717, 1.165) is 12.8 Å². The number of carbonyl (C=O) groups is 1. The first kappa shape index (κ1) is 15.5. The minimum absolute atomic E-state index is 0.0258. The lowest BCUT2D eigenvalue weighted by Gasteiger charge is -2.13. The van der Waals surface area contributed by atoms with Crippen LogP contribution in [0.3, 0.4) is 0 Å². The smallest absolute Gasteiger partial charge is 0.319 e. The van der Waals surface area contributed by atoms with Gasteiger partial charge in [-0.15, -0.1) is 11.8 Å². The van der Waals surface area contributed by atoms with Crippen molar-refractivity contribution in [3.63, 3.8) is 0 Å². The molecule has 19 heavy (non-hydrogen) atoms. The number of unbranched alkanes of at least 4 members (excludes halogenated alkanes) is 1. The van der Waals surface area contributed by atoms with Crippen molar-refractivity contribution in [1.82, 2.24) is 0 Å². The van der Waals surface area contributed by atoms with Crippen LogP contribution in [0.15, 0.2) is 29.2 Å². The van der Waals surface area contributed by atoms with Crippen molar-refractivity contribution in [3.8, 4) is 0 Å². The number of ether oxygens (including phenoxy) is 1. The molecule has 0 N–H and O–H groups in total. The van der Waals surface area contributed by atoms with Crippen LogP contribution in [0.4, 0.5) is 5.69 Å². The summed E-state index contributed by atoms with van der Waals surface area (Å²) in [6, 6.07) is 6.44. The second-order valence-electron chi connectivity index (χ2n) is 4.00. The van der Waals surface area contributed by atoms with E-state index in [1.165, 1.54) is 24.9 Å². The van der Waals surface area contributed by atoms with Gasteiger partial charge in [-0.25, -0.2) is 0 Å². The van der Waals surface area contributed by atoms with E-state index in [1.54, 1.807) is 18.2 Å². The molecule has 0 aliphatic rings. The lowest BCUT2D eigenvalue weighted by Crippen LogP contribution is -2.18. The van der Waals surface area contributed by atoms with Gasteiger partial charge in [0, 0.05) is 6.07 Å². The number of methoxy groups -OCH3 is 1. The van der Waals surface area contributed by atoms with Crippen molar-refractivity contribution >= 4 is 23.4 Å². The predicted octanol–water partition coefficient (Wildman–Crippen LogP) is 3.42. The highest BCUT2D eigenvalue weighted by molar-refractivity contribution is 8.00. The standard InChI is InChI=1S/C13H17NO4S/c1-3-4-8-12(13(15)18-2)19-11-9-6-5-7-10(11)14(16)17/h5-7,9,12H,3-4,8H2,1-2H3. The number of para-hydroxylation sites is 1. The summed E-state index contributed by atoms with van der Waals surface area (Å²) in [5.41, 5.74) is 0.0258. The van der Waals surface area contributed by atoms with Crippen LogP contribution in [0.25, 0.3) is 0 Å². The largest absolute Gasteiger partial charge is 0.468 e. The molecule has 0 bridgehead atoms. The van der Waals surface area contributed by atoms with Gasteiger partial charge in [-0.2, -0.15) is 0 Å². The van der Waals surface area contributed by atoms with Crippen molar-refractivity contribution in [2.75, 3.05) is 7.11 Å². The Kier molecular flexibility index (Phi) is 6.35. The molecule has 0 amide bonds. The maximum Gasteiger partial charge on any atom is 0.319 e. The van der Waals surface area contributed by atoms with E-state index in [9.17, 15) is 14.9 Å². The Hall–Kier alpha value is -1.56. The molecule has 0 saturated heterocycles. The molecule has 0 aliphatic heterocycles. The van der Waals surface area contributed by atoms with Gasteiger partial charge in [0.15, 0.2) is 0 Å². The molecule has 104 valence electrons. The number of carbonyl (C=O) groups excluding carboxylic acids is 1. The summed E-state index contributed by atoms with van der Waals surface area (Å²) in [6.07, 6.45) is 2.50. The van der Waals surface area contributed by atoms with E-state index < -0.39 is 10.2 Å². The van der Waals surface area contributed by atoms with E-state index in [-0.39, 0.29) is 11.7 Å². The van der Waals surface area contributed by atoms with Crippen LogP contribution in [0, 0.1) is 10.1 Å². The molecule has 0 aliphatic carbocycles. The van der Waals surface area contributed by atoms with Crippen LogP contribution < -0.4 is 0 Å². The second-order valence-corrected chi connectivity index (χ2v) is 5.24. The average Bonchev–Trinajstić information content (AvgIpc) is 2.42. The fourth-order valence-electron chi connectivity index (χ4n) is 1.61. The maximum absolute atomic E-state index is 11.7. The summed E-state index contributed by atoms with van der Waals surface area (Å²) in [6.45, 7) is 2.03. The van der Waals surface area contributed by atoms with Gasteiger partial charge in [-0.05, 0) is 12.5 Å². The molecule has 5 nitrogen and oxygen atoms in total. The number of thioether (sulfide) groups is 1. The monoisotopic (exact) mass is 283 g/mol. The van der Waals surface area contributed by atoms with Gasteiger partial charge in [-0.1, -0.05) is 31.9 Å². The van der Waals surface area contributed by atoms with E-state index in [4.69, 9.17) is 4.74 Å². The van der Waals surface area contributed by atoms with Gasteiger partial charge < -0.3 is 4.74 Å². The van der Waals surface area contributed by atoms with Crippen molar-refractivity contribution in [1.29, 1.82) is 0 Å². The molecule has 0 radical (unpaired) electrons.